The predicted molar refractivity (Wildman–Crippen MR) is 124 cm³/mol. The van der Waals surface area contributed by atoms with Crippen molar-refractivity contribution < 1.29 is 14.0 Å². The summed E-state index contributed by atoms with van der Waals surface area (Å²) >= 11 is 0. The van der Waals surface area contributed by atoms with E-state index >= 15 is 0 Å². The molecule has 0 aromatic heterocycles. The number of nitrogens with zero attached hydrogens (tertiary/aromatic N) is 1. The Labute approximate surface area is 190 Å². The van der Waals surface area contributed by atoms with Crippen molar-refractivity contribution in [1.82, 2.24) is 10.2 Å². The van der Waals surface area contributed by atoms with Crippen molar-refractivity contribution in [3.05, 3.63) is 59.9 Å². The first kappa shape index (κ1) is 22.5. The lowest BCUT2D eigenvalue weighted by Crippen LogP contribution is -2.53. The number of carbonyl (C=O) groups excluding carboxylic acids is 2. The van der Waals surface area contributed by atoms with Crippen LogP contribution in [-0.2, 0) is 16.0 Å². The van der Waals surface area contributed by atoms with Crippen LogP contribution in [0.3, 0.4) is 0 Å². The molecule has 0 bridgehead atoms. The van der Waals surface area contributed by atoms with Crippen molar-refractivity contribution in [3.8, 4) is 11.1 Å². The second-order valence-corrected chi connectivity index (χ2v) is 9.72. The Morgan fingerprint density at radius 3 is 2.28 bits per heavy atom. The summed E-state index contributed by atoms with van der Waals surface area (Å²) < 4.78 is 14.1. The topological polar surface area (TPSA) is 49.4 Å². The molecule has 0 spiro atoms. The number of hydrogen-bond acceptors (Lipinski definition) is 2. The summed E-state index contributed by atoms with van der Waals surface area (Å²) in [6.45, 7) is 5.22. The van der Waals surface area contributed by atoms with Crippen molar-refractivity contribution in [3.63, 3.8) is 0 Å². The molecule has 170 valence electrons. The van der Waals surface area contributed by atoms with Crippen molar-refractivity contribution in [2.45, 2.75) is 58.4 Å². The van der Waals surface area contributed by atoms with E-state index < -0.39 is 5.41 Å². The van der Waals surface area contributed by atoms with Crippen LogP contribution in [0.2, 0.25) is 0 Å². The normalized spacial score (nSPS) is 18.3. The van der Waals surface area contributed by atoms with E-state index in [1.54, 1.807) is 12.1 Å². The molecule has 1 heterocycles. The van der Waals surface area contributed by atoms with Crippen molar-refractivity contribution >= 4 is 11.8 Å². The summed E-state index contributed by atoms with van der Waals surface area (Å²) in [4.78, 5) is 27.9. The Bertz CT molecular complexity index is 958. The minimum atomic E-state index is -0.528. The van der Waals surface area contributed by atoms with Crippen LogP contribution in [0.4, 0.5) is 4.39 Å². The van der Waals surface area contributed by atoms with E-state index in [9.17, 15) is 14.0 Å². The highest BCUT2D eigenvalue weighted by molar-refractivity contribution is 5.84. The molecule has 1 aliphatic carbocycles. The second-order valence-electron chi connectivity index (χ2n) is 9.72. The maximum Gasteiger partial charge on any atom is 0.226 e. The van der Waals surface area contributed by atoms with Gasteiger partial charge in [0.2, 0.25) is 11.8 Å². The maximum absolute atomic E-state index is 14.1. The third kappa shape index (κ3) is 4.72. The molecule has 0 radical (unpaired) electrons. The maximum atomic E-state index is 14.1. The Balaban J connectivity index is 1.50. The van der Waals surface area contributed by atoms with Gasteiger partial charge >= 0.3 is 0 Å². The first-order valence-corrected chi connectivity index (χ1v) is 11.8. The Hall–Kier alpha value is -2.69. The van der Waals surface area contributed by atoms with E-state index in [4.69, 9.17) is 0 Å². The van der Waals surface area contributed by atoms with Gasteiger partial charge in [-0.3, -0.25) is 9.59 Å². The molecule has 2 aliphatic rings. The molecule has 0 atom stereocenters. The standard InChI is InChI=1S/C27H33FN2O2/c1-19(2)29-26(32)27(14-16-30(17-15-27)25(31)22-6-5-7-22)18-20-10-12-21(13-11-20)23-8-3-4-9-24(23)28/h3-4,8-13,19,22H,5-7,14-18H2,1-2H3,(H,29,32). The molecular formula is C27H33FN2O2. The van der Waals surface area contributed by atoms with Crippen LogP contribution in [-0.4, -0.2) is 35.8 Å². The molecule has 2 aromatic rings. The molecule has 1 N–H and O–H groups in total. The Morgan fingerprint density at radius 2 is 1.72 bits per heavy atom. The highest BCUT2D eigenvalue weighted by atomic mass is 19.1. The van der Waals surface area contributed by atoms with E-state index in [0.717, 1.165) is 30.4 Å². The van der Waals surface area contributed by atoms with Crippen molar-refractivity contribution in [2.75, 3.05) is 13.1 Å². The highest BCUT2D eigenvalue weighted by Gasteiger charge is 2.43. The largest absolute Gasteiger partial charge is 0.353 e. The van der Waals surface area contributed by atoms with Gasteiger partial charge in [-0.1, -0.05) is 48.9 Å². The average Bonchev–Trinajstić information content (AvgIpc) is 2.73. The second kappa shape index (κ2) is 9.43. The average molecular weight is 437 g/mol. The number of piperidine rings is 1. The summed E-state index contributed by atoms with van der Waals surface area (Å²) in [7, 11) is 0. The number of halogens is 1. The molecule has 1 saturated heterocycles. The number of rotatable bonds is 6. The zero-order valence-electron chi connectivity index (χ0n) is 19.1. The molecule has 0 unspecified atom stereocenters. The van der Waals surface area contributed by atoms with Gasteiger partial charge in [0.15, 0.2) is 0 Å². The van der Waals surface area contributed by atoms with Gasteiger partial charge in [-0.25, -0.2) is 4.39 Å². The van der Waals surface area contributed by atoms with E-state index in [2.05, 4.69) is 5.32 Å². The third-order valence-corrected chi connectivity index (χ3v) is 7.07. The van der Waals surface area contributed by atoms with Crippen LogP contribution in [0, 0.1) is 17.2 Å². The fourth-order valence-electron chi connectivity index (χ4n) is 4.86. The minimum absolute atomic E-state index is 0.0671. The fraction of sp³-hybridized carbons (Fsp3) is 0.481. The molecule has 4 rings (SSSR count). The lowest BCUT2D eigenvalue weighted by atomic mass is 9.72. The van der Waals surface area contributed by atoms with Gasteiger partial charge in [0.25, 0.3) is 0 Å². The van der Waals surface area contributed by atoms with Crippen molar-refractivity contribution in [1.29, 1.82) is 0 Å². The molecule has 1 saturated carbocycles. The van der Waals surface area contributed by atoms with Crippen LogP contribution in [0.15, 0.2) is 48.5 Å². The van der Waals surface area contributed by atoms with Gasteiger partial charge in [-0.05, 0) is 63.1 Å². The summed E-state index contributed by atoms with van der Waals surface area (Å²) in [5, 5.41) is 3.12. The van der Waals surface area contributed by atoms with E-state index in [-0.39, 0.29) is 29.6 Å². The molecular weight excluding hydrogens is 403 g/mol. The molecule has 2 fully saturated rings. The van der Waals surface area contributed by atoms with Gasteiger partial charge in [0.1, 0.15) is 5.82 Å². The van der Waals surface area contributed by atoms with Gasteiger partial charge in [-0.2, -0.15) is 0 Å². The van der Waals surface area contributed by atoms with E-state index in [0.29, 0.717) is 37.9 Å². The van der Waals surface area contributed by atoms with Crippen LogP contribution < -0.4 is 5.32 Å². The number of likely N-dealkylation sites (tertiary alicyclic amines) is 1. The number of nitrogens with one attached hydrogen (secondary N) is 1. The van der Waals surface area contributed by atoms with E-state index in [1.807, 2.05) is 49.1 Å². The zero-order chi connectivity index (χ0) is 22.7. The number of amides is 2. The first-order valence-electron chi connectivity index (χ1n) is 11.8. The van der Waals surface area contributed by atoms with E-state index in [1.165, 1.54) is 6.07 Å². The molecule has 2 aromatic carbocycles. The van der Waals surface area contributed by atoms with Crippen LogP contribution >= 0.6 is 0 Å². The minimum Gasteiger partial charge on any atom is -0.353 e. The van der Waals surface area contributed by atoms with Gasteiger partial charge in [0.05, 0.1) is 5.41 Å². The Kier molecular flexibility index (Phi) is 6.63. The molecule has 4 nitrogen and oxygen atoms in total. The predicted octanol–water partition coefficient (Wildman–Crippen LogP) is 4.97. The summed E-state index contributed by atoms with van der Waals surface area (Å²) in [5.41, 5.74) is 1.94. The quantitative estimate of drug-likeness (QED) is 0.695. The van der Waals surface area contributed by atoms with Crippen LogP contribution in [0.1, 0.15) is 51.5 Å². The Morgan fingerprint density at radius 1 is 1.06 bits per heavy atom. The lowest BCUT2D eigenvalue weighted by Gasteiger charge is -2.43. The SMILES string of the molecule is CC(C)NC(=O)C1(Cc2ccc(-c3ccccc3F)cc2)CCN(C(=O)C2CCC2)CC1. The number of hydrogen-bond donors (Lipinski definition) is 1. The smallest absolute Gasteiger partial charge is 0.226 e. The summed E-state index contributed by atoms with van der Waals surface area (Å²) in [6, 6.07) is 14.7. The van der Waals surface area contributed by atoms with Gasteiger partial charge in [-0.15, -0.1) is 0 Å². The molecule has 2 amide bonds. The summed E-state index contributed by atoms with van der Waals surface area (Å²) in [6.07, 6.45) is 5.10. The number of carbonyl (C=O) groups is 2. The molecule has 32 heavy (non-hydrogen) atoms. The lowest BCUT2D eigenvalue weighted by molar-refractivity contribution is -0.145. The molecule has 5 heteroatoms. The van der Waals surface area contributed by atoms with Crippen LogP contribution in [0.5, 0.6) is 0 Å². The van der Waals surface area contributed by atoms with Gasteiger partial charge < -0.3 is 10.2 Å². The first-order chi connectivity index (χ1) is 15.4. The fourth-order valence-corrected chi connectivity index (χ4v) is 4.86. The third-order valence-electron chi connectivity index (χ3n) is 7.07. The molecule has 1 aliphatic heterocycles. The van der Waals surface area contributed by atoms with Crippen LogP contribution in [0.25, 0.3) is 11.1 Å². The number of benzene rings is 2. The zero-order valence-corrected chi connectivity index (χ0v) is 19.1. The summed E-state index contributed by atoms with van der Waals surface area (Å²) in [5.74, 6) is 0.291. The van der Waals surface area contributed by atoms with Gasteiger partial charge in [0, 0.05) is 30.6 Å². The monoisotopic (exact) mass is 436 g/mol. The van der Waals surface area contributed by atoms with Crippen molar-refractivity contribution in [2.24, 2.45) is 11.3 Å². The highest BCUT2D eigenvalue weighted by Crippen LogP contribution is 2.38.